The summed E-state index contributed by atoms with van der Waals surface area (Å²) in [7, 11) is 0. The average molecular weight is 252 g/mol. The summed E-state index contributed by atoms with van der Waals surface area (Å²) in [6, 6.07) is 3.04. The fraction of sp³-hybridized carbons (Fsp3) is 0.273. The molecule has 0 unspecified atom stereocenters. The zero-order valence-electron chi connectivity index (χ0n) is 9.57. The summed E-state index contributed by atoms with van der Waals surface area (Å²) in [5.41, 5.74) is 7.20. The van der Waals surface area contributed by atoms with Gasteiger partial charge in [0.15, 0.2) is 5.16 Å². The molecule has 3 N–H and O–H groups in total. The van der Waals surface area contributed by atoms with Crippen molar-refractivity contribution in [3.05, 3.63) is 35.4 Å². The van der Waals surface area contributed by atoms with Crippen LogP contribution in [0, 0.1) is 12.7 Å². The van der Waals surface area contributed by atoms with E-state index in [0.29, 0.717) is 10.7 Å². The Balaban J connectivity index is 2.41. The smallest absolute Gasteiger partial charge is 0.188 e. The van der Waals surface area contributed by atoms with Crippen LogP contribution in [0.3, 0.4) is 0 Å². The molecule has 0 radical (unpaired) electrons. The third-order valence-electron chi connectivity index (χ3n) is 2.38. The fourth-order valence-electron chi connectivity index (χ4n) is 1.46. The maximum Gasteiger partial charge on any atom is 0.188 e. The molecule has 1 aromatic carbocycles. The zero-order valence-corrected chi connectivity index (χ0v) is 10.4. The molecule has 0 bridgehead atoms. The first-order valence-corrected chi connectivity index (χ1v) is 5.98. The van der Waals surface area contributed by atoms with Gasteiger partial charge in [0, 0.05) is 10.9 Å². The van der Waals surface area contributed by atoms with E-state index >= 15 is 0 Å². The molecule has 0 aliphatic heterocycles. The minimum atomic E-state index is -0.237. The van der Waals surface area contributed by atoms with Gasteiger partial charge >= 0.3 is 0 Å². The maximum atomic E-state index is 13.5. The Bertz CT molecular complexity index is 510. The summed E-state index contributed by atoms with van der Waals surface area (Å²) < 4.78 is 13.5. The molecule has 0 saturated carbocycles. The average Bonchev–Trinajstić information content (AvgIpc) is 2.75. The molecular formula is C11H13FN4S. The summed E-state index contributed by atoms with van der Waals surface area (Å²) in [5.74, 6) is -0.237. The van der Waals surface area contributed by atoms with Gasteiger partial charge in [-0.1, -0.05) is 0 Å². The summed E-state index contributed by atoms with van der Waals surface area (Å²) >= 11 is 1.40. The quantitative estimate of drug-likeness (QED) is 0.880. The van der Waals surface area contributed by atoms with Gasteiger partial charge in [-0.15, -0.1) is 0 Å². The first-order valence-electron chi connectivity index (χ1n) is 5.16. The van der Waals surface area contributed by atoms with Gasteiger partial charge in [-0.05, 0) is 48.9 Å². The number of hydrogen-bond acceptors (Lipinski definition) is 4. The maximum absolute atomic E-state index is 13.5. The standard InChI is InChI=1S/C11H13FN4S/c1-6-3-10(17-11-14-5-15-16-11)8(7(2)13)4-9(6)12/h3-5,7H,13H2,1-2H3,(H,14,15,16)/t7-/m0/s1. The number of nitrogens with one attached hydrogen (secondary N) is 1. The number of hydrogen-bond donors (Lipinski definition) is 2. The number of nitrogens with zero attached hydrogens (tertiary/aromatic N) is 2. The lowest BCUT2D eigenvalue weighted by Crippen LogP contribution is -2.07. The van der Waals surface area contributed by atoms with Gasteiger partial charge in [-0.25, -0.2) is 9.37 Å². The third kappa shape index (κ3) is 2.65. The molecule has 1 heterocycles. The highest BCUT2D eigenvalue weighted by Gasteiger charge is 2.13. The number of benzene rings is 1. The highest BCUT2D eigenvalue weighted by molar-refractivity contribution is 7.99. The SMILES string of the molecule is Cc1cc(Sc2ncn[nH]2)c([C@H](C)N)cc1F. The largest absolute Gasteiger partial charge is 0.324 e. The predicted octanol–water partition coefficient (Wildman–Crippen LogP) is 2.42. The lowest BCUT2D eigenvalue weighted by molar-refractivity contribution is 0.610. The van der Waals surface area contributed by atoms with Gasteiger partial charge < -0.3 is 5.73 Å². The van der Waals surface area contributed by atoms with Crippen LogP contribution in [0.2, 0.25) is 0 Å². The molecule has 90 valence electrons. The number of rotatable bonds is 3. The zero-order chi connectivity index (χ0) is 12.4. The third-order valence-corrected chi connectivity index (χ3v) is 3.34. The molecule has 2 aromatic rings. The van der Waals surface area contributed by atoms with Crippen molar-refractivity contribution >= 4 is 11.8 Å². The van der Waals surface area contributed by atoms with Crippen molar-refractivity contribution in [1.82, 2.24) is 15.2 Å². The van der Waals surface area contributed by atoms with Gasteiger partial charge in [0.05, 0.1) is 0 Å². The van der Waals surface area contributed by atoms with Gasteiger partial charge in [0.25, 0.3) is 0 Å². The summed E-state index contributed by atoms with van der Waals surface area (Å²) in [5, 5.41) is 7.19. The number of aromatic nitrogens is 3. The van der Waals surface area contributed by atoms with E-state index in [2.05, 4.69) is 15.2 Å². The number of H-pyrrole nitrogens is 1. The van der Waals surface area contributed by atoms with Gasteiger partial charge in [0.2, 0.25) is 0 Å². The van der Waals surface area contributed by atoms with Crippen molar-refractivity contribution in [3.63, 3.8) is 0 Å². The highest BCUT2D eigenvalue weighted by Crippen LogP contribution is 2.32. The molecule has 0 spiro atoms. The van der Waals surface area contributed by atoms with E-state index in [9.17, 15) is 4.39 Å². The van der Waals surface area contributed by atoms with E-state index in [1.54, 1.807) is 13.0 Å². The molecule has 0 aliphatic carbocycles. The Morgan fingerprint density at radius 3 is 2.82 bits per heavy atom. The molecule has 1 atom stereocenters. The molecular weight excluding hydrogens is 239 g/mol. The predicted molar refractivity (Wildman–Crippen MR) is 64.2 cm³/mol. The van der Waals surface area contributed by atoms with Crippen LogP contribution in [0.5, 0.6) is 0 Å². The second-order valence-corrected chi connectivity index (χ2v) is 4.85. The van der Waals surface area contributed by atoms with E-state index in [1.165, 1.54) is 24.2 Å². The molecule has 0 fully saturated rings. The first-order chi connectivity index (χ1) is 8.08. The fourth-order valence-corrected chi connectivity index (χ4v) is 2.47. The lowest BCUT2D eigenvalue weighted by atomic mass is 10.1. The number of aryl methyl sites for hydroxylation is 1. The summed E-state index contributed by atoms with van der Waals surface area (Å²) in [6.07, 6.45) is 1.43. The van der Waals surface area contributed by atoms with Crippen LogP contribution in [-0.2, 0) is 0 Å². The van der Waals surface area contributed by atoms with E-state index in [4.69, 9.17) is 5.73 Å². The summed E-state index contributed by atoms with van der Waals surface area (Å²) in [4.78, 5) is 4.92. The Hall–Kier alpha value is -1.40. The molecule has 4 nitrogen and oxygen atoms in total. The van der Waals surface area contributed by atoms with Crippen molar-refractivity contribution < 1.29 is 4.39 Å². The molecule has 6 heteroatoms. The molecule has 0 amide bonds. The van der Waals surface area contributed by atoms with Crippen LogP contribution >= 0.6 is 11.8 Å². The second-order valence-electron chi connectivity index (χ2n) is 3.82. The van der Waals surface area contributed by atoms with Gasteiger partial charge in [-0.2, -0.15) is 5.10 Å². The van der Waals surface area contributed by atoms with Crippen molar-refractivity contribution in [2.24, 2.45) is 5.73 Å². The monoisotopic (exact) mass is 252 g/mol. The van der Waals surface area contributed by atoms with Crippen molar-refractivity contribution in [2.75, 3.05) is 0 Å². The minimum Gasteiger partial charge on any atom is -0.324 e. The summed E-state index contributed by atoms with van der Waals surface area (Å²) in [6.45, 7) is 3.55. The first kappa shape index (κ1) is 12.1. The number of aromatic amines is 1. The Morgan fingerprint density at radius 2 is 2.24 bits per heavy atom. The minimum absolute atomic E-state index is 0.226. The molecule has 2 rings (SSSR count). The van der Waals surface area contributed by atoms with Crippen molar-refractivity contribution in [3.8, 4) is 0 Å². The number of halogens is 1. The molecule has 0 aliphatic rings. The van der Waals surface area contributed by atoms with Crippen molar-refractivity contribution in [1.29, 1.82) is 0 Å². The van der Waals surface area contributed by atoms with Gasteiger partial charge in [0.1, 0.15) is 12.1 Å². The van der Waals surface area contributed by atoms with E-state index in [-0.39, 0.29) is 11.9 Å². The Kier molecular flexibility index (Phi) is 3.44. The van der Waals surface area contributed by atoms with Crippen LogP contribution in [-0.4, -0.2) is 15.2 Å². The van der Waals surface area contributed by atoms with Crippen LogP contribution in [0.25, 0.3) is 0 Å². The normalized spacial score (nSPS) is 12.7. The molecule has 0 saturated heterocycles. The number of nitrogens with two attached hydrogens (primary N) is 1. The van der Waals surface area contributed by atoms with Crippen molar-refractivity contribution in [2.45, 2.75) is 29.9 Å². The molecule has 1 aromatic heterocycles. The van der Waals surface area contributed by atoms with E-state index in [0.717, 1.165) is 10.5 Å². The van der Waals surface area contributed by atoms with Crippen LogP contribution < -0.4 is 5.73 Å². The van der Waals surface area contributed by atoms with Crippen LogP contribution in [0.15, 0.2) is 28.5 Å². The van der Waals surface area contributed by atoms with Crippen LogP contribution in [0.4, 0.5) is 4.39 Å². The van der Waals surface area contributed by atoms with E-state index in [1.807, 2.05) is 6.92 Å². The highest BCUT2D eigenvalue weighted by atomic mass is 32.2. The Morgan fingerprint density at radius 1 is 1.47 bits per heavy atom. The van der Waals surface area contributed by atoms with Gasteiger partial charge in [-0.3, -0.25) is 5.10 Å². The molecule has 17 heavy (non-hydrogen) atoms. The lowest BCUT2D eigenvalue weighted by Gasteiger charge is -2.12. The van der Waals surface area contributed by atoms with Crippen LogP contribution in [0.1, 0.15) is 24.1 Å². The topological polar surface area (TPSA) is 67.6 Å². The second kappa shape index (κ2) is 4.85. The Labute approximate surface area is 103 Å². The van der Waals surface area contributed by atoms with E-state index < -0.39 is 0 Å².